The molecule has 1 aromatic carbocycles. The zero-order chi connectivity index (χ0) is 18.9. The van der Waals surface area contributed by atoms with E-state index in [1.54, 1.807) is 23.2 Å². The maximum atomic E-state index is 13.3. The van der Waals surface area contributed by atoms with E-state index in [0.29, 0.717) is 38.5 Å². The van der Waals surface area contributed by atoms with Crippen LogP contribution in [-0.4, -0.2) is 65.4 Å². The monoisotopic (exact) mass is 374 g/mol. The molecule has 1 amide bonds. The summed E-state index contributed by atoms with van der Waals surface area (Å²) in [5.41, 5.74) is 0.0493. The predicted octanol–water partition coefficient (Wildman–Crippen LogP) is 1.19. The van der Waals surface area contributed by atoms with E-state index in [4.69, 9.17) is 9.47 Å². The number of hydrogen-bond donors (Lipinski definition) is 0. The highest BCUT2D eigenvalue weighted by Crippen LogP contribution is 2.27. The second kappa shape index (κ2) is 7.38. The molecular weight excluding hydrogens is 351 g/mol. The molecular formula is C19H23FN4O3. The van der Waals surface area contributed by atoms with Gasteiger partial charge in [-0.2, -0.15) is 0 Å². The van der Waals surface area contributed by atoms with Gasteiger partial charge in [0.15, 0.2) is 0 Å². The molecule has 3 heterocycles. The van der Waals surface area contributed by atoms with E-state index in [1.165, 1.54) is 12.1 Å². The normalized spacial score (nSPS) is 24.4. The SMILES string of the molecule is Cn1ccnc1CN1CCOC[C@@]2(C1)CN(c1ccc(F)cc1)C(=O)CO2. The Bertz CT molecular complexity index is 810. The lowest BCUT2D eigenvalue weighted by Gasteiger charge is -2.43. The Kier molecular flexibility index (Phi) is 4.94. The summed E-state index contributed by atoms with van der Waals surface area (Å²) in [7, 11) is 1.97. The van der Waals surface area contributed by atoms with Gasteiger partial charge in [0.2, 0.25) is 0 Å². The van der Waals surface area contributed by atoms with Gasteiger partial charge in [-0.05, 0) is 24.3 Å². The number of nitrogens with zero attached hydrogens (tertiary/aromatic N) is 4. The van der Waals surface area contributed by atoms with Crippen molar-refractivity contribution in [1.29, 1.82) is 0 Å². The summed E-state index contributed by atoms with van der Waals surface area (Å²) in [6.45, 7) is 3.44. The Hall–Kier alpha value is -2.29. The third-order valence-corrected chi connectivity index (χ3v) is 5.10. The fourth-order valence-corrected chi connectivity index (χ4v) is 3.62. The first-order valence-corrected chi connectivity index (χ1v) is 9.01. The number of aromatic nitrogens is 2. The van der Waals surface area contributed by atoms with Crippen LogP contribution in [0.4, 0.5) is 10.1 Å². The largest absolute Gasteiger partial charge is 0.377 e. The van der Waals surface area contributed by atoms with E-state index in [0.717, 1.165) is 12.4 Å². The number of amides is 1. The van der Waals surface area contributed by atoms with Crippen LogP contribution in [0.2, 0.25) is 0 Å². The summed E-state index contributed by atoms with van der Waals surface area (Å²) in [5, 5.41) is 0. The van der Waals surface area contributed by atoms with Gasteiger partial charge in [-0.3, -0.25) is 9.69 Å². The van der Waals surface area contributed by atoms with Gasteiger partial charge in [-0.15, -0.1) is 0 Å². The number of morpholine rings is 1. The van der Waals surface area contributed by atoms with Crippen LogP contribution < -0.4 is 4.90 Å². The predicted molar refractivity (Wildman–Crippen MR) is 96.7 cm³/mol. The molecule has 1 aromatic heterocycles. The first-order valence-electron chi connectivity index (χ1n) is 9.01. The highest BCUT2D eigenvalue weighted by Gasteiger charge is 2.43. The number of carbonyl (C=O) groups excluding carboxylic acids is 1. The van der Waals surface area contributed by atoms with Crippen molar-refractivity contribution in [2.24, 2.45) is 7.05 Å². The average molecular weight is 374 g/mol. The van der Waals surface area contributed by atoms with Crippen molar-refractivity contribution >= 4 is 11.6 Å². The first-order chi connectivity index (χ1) is 13.0. The minimum absolute atomic E-state index is 0.0169. The molecule has 0 bridgehead atoms. The van der Waals surface area contributed by atoms with Crippen LogP contribution in [0.25, 0.3) is 0 Å². The molecule has 2 fully saturated rings. The summed E-state index contributed by atoms with van der Waals surface area (Å²) in [4.78, 5) is 20.7. The van der Waals surface area contributed by atoms with Crippen LogP contribution in [-0.2, 0) is 27.9 Å². The second-order valence-electron chi connectivity index (χ2n) is 7.15. The van der Waals surface area contributed by atoms with E-state index in [9.17, 15) is 9.18 Å². The molecule has 8 heteroatoms. The van der Waals surface area contributed by atoms with E-state index in [1.807, 2.05) is 17.8 Å². The van der Waals surface area contributed by atoms with Crippen LogP contribution >= 0.6 is 0 Å². The molecule has 2 aromatic rings. The van der Waals surface area contributed by atoms with Crippen LogP contribution in [0.15, 0.2) is 36.7 Å². The van der Waals surface area contributed by atoms with Crippen LogP contribution in [0.1, 0.15) is 5.82 Å². The summed E-state index contributed by atoms with van der Waals surface area (Å²) >= 11 is 0. The maximum absolute atomic E-state index is 13.3. The number of hydrogen-bond acceptors (Lipinski definition) is 5. The van der Waals surface area contributed by atoms with Crippen molar-refractivity contribution in [3.05, 3.63) is 48.3 Å². The summed E-state index contributed by atoms with van der Waals surface area (Å²) in [6, 6.07) is 5.97. The van der Waals surface area contributed by atoms with E-state index >= 15 is 0 Å². The zero-order valence-electron chi connectivity index (χ0n) is 15.3. The van der Waals surface area contributed by atoms with Crippen LogP contribution in [0.3, 0.4) is 0 Å². The topological polar surface area (TPSA) is 59.8 Å². The van der Waals surface area contributed by atoms with E-state index in [2.05, 4.69) is 9.88 Å². The van der Waals surface area contributed by atoms with Crippen molar-refractivity contribution in [3.63, 3.8) is 0 Å². The number of anilines is 1. The van der Waals surface area contributed by atoms with Gasteiger partial charge < -0.3 is 18.9 Å². The fourth-order valence-electron chi connectivity index (χ4n) is 3.62. The molecule has 0 unspecified atom stereocenters. The minimum Gasteiger partial charge on any atom is -0.377 e. The van der Waals surface area contributed by atoms with Gasteiger partial charge in [-0.1, -0.05) is 0 Å². The molecule has 2 aliphatic heterocycles. The van der Waals surface area contributed by atoms with Crippen molar-refractivity contribution in [1.82, 2.24) is 14.5 Å². The number of imidazole rings is 1. The van der Waals surface area contributed by atoms with E-state index in [-0.39, 0.29) is 18.3 Å². The molecule has 0 radical (unpaired) electrons. The van der Waals surface area contributed by atoms with Gasteiger partial charge in [0.1, 0.15) is 23.8 Å². The number of benzene rings is 1. The highest BCUT2D eigenvalue weighted by atomic mass is 19.1. The second-order valence-corrected chi connectivity index (χ2v) is 7.15. The minimum atomic E-state index is -0.621. The first kappa shape index (κ1) is 18.1. The molecule has 27 heavy (non-hydrogen) atoms. The lowest BCUT2D eigenvalue weighted by Crippen LogP contribution is -2.60. The summed E-state index contributed by atoms with van der Waals surface area (Å²) < 4.78 is 27.1. The number of ether oxygens (including phenoxy) is 2. The number of carbonyl (C=O) groups is 1. The Morgan fingerprint density at radius 3 is 2.81 bits per heavy atom. The lowest BCUT2D eigenvalue weighted by molar-refractivity contribution is -0.146. The van der Waals surface area contributed by atoms with Crippen LogP contribution in [0, 0.1) is 5.82 Å². The average Bonchev–Trinajstić information content (AvgIpc) is 2.95. The van der Waals surface area contributed by atoms with Crippen molar-refractivity contribution in [3.8, 4) is 0 Å². The van der Waals surface area contributed by atoms with Gasteiger partial charge in [0, 0.05) is 38.2 Å². The molecule has 1 spiro atoms. The third-order valence-electron chi connectivity index (χ3n) is 5.10. The maximum Gasteiger partial charge on any atom is 0.253 e. The van der Waals surface area contributed by atoms with Gasteiger partial charge >= 0.3 is 0 Å². The quantitative estimate of drug-likeness (QED) is 0.808. The fraction of sp³-hybridized carbons (Fsp3) is 0.474. The molecule has 2 aliphatic rings. The summed E-state index contributed by atoms with van der Waals surface area (Å²) in [5.74, 6) is 0.509. The molecule has 0 N–H and O–H groups in total. The molecule has 0 aliphatic carbocycles. The Labute approximate surface area is 157 Å². The van der Waals surface area contributed by atoms with Crippen LogP contribution in [0.5, 0.6) is 0 Å². The lowest BCUT2D eigenvalue weighted by atomic mass is 10.0. The highest BCUT2D eigenvalue weighted by molar-refractivity contribution is 5.95. The number of aryl methyl sites for hydroxylation is 1. The Morgan fingerprint density at radius 2 is 2.07 bits per heavy atom. The molecule has 2 saturated heterocycles. The smallest absolute Gasteiger partial charge is 0.253 e. The number of rotatable bonds is 3. The van der Waals surface area contributed by atoms with Crippen molar-refractivity contribution in [2.45, 2.75) is 12.1 Å². The third kappa shape index (κ3) is 3.87. The molecule has 0 saturated carbocycles. The number of halogens is 1. The zero-order valence-corrected chi connectivity index (χ0v) is 15.3. The van der Waals surface area contributed by atoms with Gasteiger partial charge in [-0.25, -0.2) is 9.37 Å². The Morgan fingerprint density at radius 1 is 1.26 bits per heavy atom. The Balaban J connectivity index is 1.54. The van der Waals surface area contributed by atoms with Crippen molar-refractivity contribution in [2.75, 3.05) is 44.4 Å². The summed E-state index contributed by atoms with van der Waals surface area (Å²) in [6.07, 6.45) is 3.71. The standard InChI is InChI=1S/C19H23FN4O3/c1-22-7-6-21-17(22)10-23-8-9-26-14-19(12-23)13-24(18(25)11-27-19)16-4-2-15(20)3-5-16/h2-7H,8-14H2,1H3/t19-/m1/s1. The van der Waals surface area contributed by atoms with E-state index < -0.39 is 5.60 Å². The molecule has 4 rings (SSSR count). The van der Waals surface area contributed by atoms with Gasteiger partial charge in [0.05, 0.1) is 26.3 Å². The van der Waals surface area contributed by atoms with Gasteiger partial charge in [0.25, 0.3) is 5.91 Å². The molecule has 7 nitrogen and oxygen atoms in total. The molecule has 144 valence electrons. The molecule has 1 atom stereocenters. The van der Waals surface area contributed by atoms with Crippen molar-refractivity contribution < 1.29 is 18.7 Å².